The van der Waals surface area contributed by atoms with Gasteiger partial charge >= 0.3 is 0 Å². The Kier molecular flexibility index (Phi) is 9.89. The van der Waals surface area contributed by atoms with Crippen LogP contribution in [0.25, 0.3) is 0 Å². The Bertz CT molecular complexity index is 888. The highest BCUT2D eigenvalue weighted by Crippen LogP contribution is 2.42. The monoisotopic (exact) mass is 518 g/mol. The number of alkyl halides is 1. The van der Waals surface area contributed by atoms with E-state index in [0.717, 1.165) is 57.1 Å². The maximum atomic E-state index is 10.2. The fraction of sp³-hybridized carbons (Fsp3) is 0.667. The number of aliphatic hydroxyl groups is 1. The fourth-order valence-corrected chi connectivity index (χ4v) is 4.97. The van der Waals surface area contributed by atoms with E-state index in [1.165, 1.54) is 39.0 Å². The van der Waals surface area contributed by atoms with Crippen LogP contribution in [0.1, 0.15) is 107 Å². The lowest BCUT2D eigenvalue weighted by Crippen LogP contribution is -2.37. The summed E-state index contributed by atoms with van der Waals surface area (Å²) in [7, 11) is 0. The first-order valence-electron chi connectivity index (χ1n) is 12.7. The lowest BCUT2D eigenvalue weighted by molar-refractivity contribution is 0.0560. The summed E-state index contributed by atoms with van der Waals surface area (Å²) in [5.74, 6) is 1.15. The van der Waals surface area contributed by atoms with Crippen LogP contribution in [0.5, 0.6) is 5.75 Å². The first kappa shape index (κ1) is 28.2. The van der Waals surface area contributed by atoms with E-state index >= 15 is 0 Å². The summed E-state index contributed by atoms with van der Waals surface area (Å²) in [5.41, 5.74) is 9.71. The second-order valence-electron chi connectivity index (χ2n) is 11.2. The van der Waals surface area contributed by atoms with E-state index < -0.39 is 0 Å². The number of fused-ring (bicyclic) bond motifs is 1. The summed E-state index contributed by atoms with van der Waals surface area (Å²) in [6.07, 6.45) is 12.7. The molecule has 3 heteroatoms. The van der Waals surface area contributed by atoms with E-state index in [-0.39, 0.29) is 16.0 Å². The normalized spacial score (nSPS) is 20.5. The zero-order valence-electron chi connectivity index (χ0n) is 22.6. The first-order chi connectivity index (χ1) is 15.2. The molecule has 1 heterocycles. The number of hydrogen-bond acceptors (Lipinski definition) is 2. The molecule has 2 rings (SSSR count). The minimum absolute atomic E-state index is 0.0802. The zero-order chi connectivity index (χ0) is 25.0. The Labute approximate surface area is 212 Å². The van der Waals surface area contributed by atoms with Gasteiger partial charge in [-0.3, -0.25) is 0 Å². The number of halogens is 1. The van der Waals surface area contributed by atoms with Crippen LogP contribution in [0.3, 0.4) is 0 Å². The molecule has 0 spiro atoms. The molecule has 0 saturated heterocycles. The predicted molar refractivity (Wildman–Crippen MR) is 147 cm³/mol. The molecule has 1 aromatic carbocycles. The molecule has 0 saturated carbocycles. The maximum absolute atomic E-state index is 10.2. The van der Waals surface area contributed by atoms with Crippen molar-refractivity contribution in [2.75, 3.05) is 0 Å². The number of hydrogen-bond donors (Lipinski definition) is 1. The van der Waals surface area contributed by atoms with Crippen molar-refractivity contribution in [3.8, 4) is 5.75 Å². The molecule has 1 N–H and O–H groups in total. The predicted octanol–water partition coefficient (Wildman–Crippen LogP) is 8.77. The Morgan fingerprint density at radius 2 is 1.58 bits per heavy atom. The van der Waals surface area contributed by atoms with E-state index in [1.54, 1.807) is 0 Å². The quantitative estimate of drug-likeness (QED) is 0.247. The molecule has 2 nitrogen and oxygen atoms in total. The minimum Gasteiger partial charge on any atom is -0.487 e. The van der Waals surface area contributed by atoms with Gasteiger partial charge in [-0.1, -0.05) is 39.2 Å². The average Bonchev–Trinajstić information content (AvgIpc) is 2.73. The van der Waals surface area contributed by atoms with Crippen molar-refractivity contribution < 1.29 is 9.84 Å². The Morgan fingerprint density at radius 3 is 2.21 bits per heavy atom. The van der Waals surface area contributed by atoms with Gasteiger partial charge in [0.1, 0.15) is 11.4 Å². The maximum Gasteiger partial charge on any atom is 0.126 e. The van der Waals surface area contributed by atoms with Gasteiger partial charge in [0.2, 0.25) is 0 Å². The van der Waals surface area contributed by atoms with Crippen LogP contribution in [0, 0.1) is 27.7 Å². The number of allylic oxidation sites excluding steroid dienone is 4. The lowest BCUT2D eigenvalue weighted by Gasteiger charge is -2.38. The van der Waals surface area contributed by atoms with Crippen LogP contribution in [-0.4, -0.2) is 21.1 Å². The van der Waals surface area contributed by atoms with Gasteiger partial charge in [-0.25, -0.2) is 0 Å². The van der Waals surface area contributed by atoms with Gasteiger partial charge in [-0.2, -0.15) is 0 Å². The Balaban J connectivity index is 1.85. The van der Waals surface area contributed by atoms with Crippen molar-refractivity contribution in [3.05, 3.63) is 51.1 Å². The van der Waals surface area contributed by atoms with Crippen LogP contribution in [-0.2, 0) is 6.42 Å². The van der Waals surface area contributed by atoms with Crippen molar-refractivity contribution in [2.24, 2.45) is 0 Å². The van der Waals surface area contributed by atoms with Crippen LogP contribution in [0.2, 0.25) is 0 Å². The molecule has 1 aliphatic rings. The average molecular weight is 520 g/mol. The van der Waals surface area contributed by atoms with Crippen molar-refractivity contribution in [1.82, 2.24) is 0 Å². The van der Waals surface area contributed by atoms with E-state index in [0.29, 0.717) is 0 Å². The molecule has 0 bridgehead atoms. The number of ether oxygens (including phenoxy) is 1. The number of benzene rings is 1. The highest BCUT2D eigenvalue weighted by Gasteiger charge is 2.33. The number of aliphatic hydroxyl groups excluding tert-OH is 1. The van der Waals surface area contributed by atoms with E-state index in [1.807, 2.05) is 13.8 Å². The molecule has 0 aliphatic carbocycles. The Hall–Kier alpha value is -1.06. The van der Waals surface area contributed by atoms with Crippen LogP contribution >= 0.6 is 15.9 Å². The smallest absolute Gasteiger partial charge is 0.126 e. The SMILES string of the molecule is C/C(=C\CC[C@]1(C)CCc2c(C)c(C)c(C)c(C)c2O1)CC/C=C(\C)CCC(O)C(C)(C)Br. The summed E-state index contributed by atoms with van der Waals surface area (Å²) in [5, 5.41) is 10.2. The fourth-order valence-electron chi connectivity index (χ4n) is 4.74. The van der Waals surface area contributed by atoms with E-state index in [9.17, 15) is 5.11 Å². The summed E-state index contributed by atoms with van der Waals surface area (Å²) in [6, 6.07) is 0. The summed E-state index contributed by atoms with van der Waals surface area (Å²) in [4.78, 5) is 0. The molecule has 1 unspecified atom stereocenters. The van der Waals surface area contributed by atoms with Gasteiger partial charge in [-0.15, -0.1) is 0 Å². The van der Waals surface area contributed by atoms with Gasteiger partial charge in [0, 0.05) is 4.32 Å². The highest BCUT2D eigenvalue weighted by atomic mass is 79.9. The third-order valence-electron chi connectivity index (χ3n) is 7.81. The largest absolute Gasteiger partial charge is 0.487 e. The summed E-state index contributed by atoms with van der Waals surface area (Å²) in [6.45, 7) is 19.7. The molecule has 33 heavy (non-hydrogen) atoms. The van der Waals surface area contributed by atoms with Crippen molar-refractivity contribution >= 4 is 15.9 Å². The molecule has 0 aromatic heterocycles. The van der Waals surface area contributed by atoms with Crippen molar-refractivity contribution in [1.29, 1.82) is 0 Å². The lowest BCUT2D eigenvalue weighted by atomic mass is 9.83. The minimum atomic E-state index is -0.321. The molecule has 0 radical (unpaired) electrons. The van der Waals surface area contributed by atoms with Gasteiger partial charge in [0.15, 0.2) is 0 Å². The molecule has 1 aliphatic heterocycles. The van der Waals surface area contributed by atoms with E-state index in [2.05, 4.69) is 76.5 Å². The van der Waals surface area contributed by atoms with E-state index in [4.69, 9.17) is 4.74 Å². The third-order valence-corrected chi connectivity index (χ3v) is 8.34. The third kappa shape index (κ3) is 7.72. The molecular formula is C30H47BrO2. The van der Waals surface area contributed by atoms with Gasteiger partial charge in [0.25, 0.3) is 0 Å². The van der Waals surface area contributed by atoms with Gasteiger partial charge in [-0.05, 0) is 141 Å². The topological polar surface area (TPSA) is 29.5 Å². The molecule has 0 amide bonds. The molecule has 186 valence electrons. The molecule has 2 atom stereocenters. The van der Waals surface area contributed by atoms with Crippen LogP contribution in [0.15, 0.2) is 23.3 Å². The van der Waals surface area contributed by atoms with Crippen molar-refractivity contribution in [3.63, 3.8) is 0 Å². The first-order valence-corrected chi connectivity index (χ1v) is 13.5. The van der Waals surface area contributed by atoms with Gasteiger partial charge < -0.3 is 9.84 Å². The highest BCUT2D eigenvalue weighted by molar-refractivity contribution is 9.10. The Morgan fingerprint density at radius 1 is 1.00 bits per heavy atom. The second kappa shape index (κ2) is 11.6. The zero-order valence-corrected chi connectivity index (χ0v) is 24.2. The standard InChI is InChI=1S/C30H47BrO2/c1-20(12-10-13-21(2)15-16-27(32)29(7,8)31)14-11-18-30(9)19-17-26-24(5)22(3)23(4)25(6)28(26)33-30/h13-14,27,32H,10-12,15-19H2,1-9H3/b20-14+,21-13+/t27?,30-/m1/s1. The molecule has 1 aromatic rings. The molecular weight excluding hydrogens is 472 g/mol. The summed E-state index contributed by atoms with van der Waals surface area (Å²) < 4.78 is 6.45. The van der Waals surface area contributed by atoms with Crippen molar-refractivity contribution in [2.45, 2.75) is 130 Å². The van der Waals surface area contributed by atoms with Crippen LogP contribution < -0.4 is 4.74 Å². The van der Waals surface area contributed by atoms with Crippen LogP contribution in [0.4, 0.5) is 0 Å². The summed E-state index contributed by atoms with van der Waals surface area (Å²) >= 11 is 3.56. The second-order valence-corrected chi connectivity index (χ2v) is 13.2. The van der Waals surface area contributed by atoms with Gasteiger partial charge in [0.05, 0.1) is 6.10 Å². The molecule has 0 fully saturated rings. The number of rotatable bonds is 10.